The zero-order valence-corrected chi connectivity index (χ0v) is 18.1. The first-order chi connectivity index (χ1) is 14.2. The molecule has 31 heavy (non-hydrogen) atoms. The SMILES string of the molecule is CC(C)O[C@@H]1C=C([C@H](O)c2ccc(C(F)(F)F)cc2)[C@H](O)[C@@H](COC(=O)C(C)(C)C)O1. The van der Waals surface area contributed by atoms with Crippen molar-refractivity contribution in [2.75, 3.05) is 6.61 Å². The molecule has 1 heterocycles. The molecule has 2 rings (SSSR count). The number of esters is 1. The summed E-state index contributed by atoms with van der Waals surface area (Å²) < 4.78 is 54.9. The van der Waals surface area contributed by atoms with Crippen LogP contribution in [-0.4, -0.2) is 47.4 Å². The molecule has 0 unspecified atom stereocenters. The highest BCUT2D eigenvalue weighted by Gasteiger charge is 2.38. The summed E-state index contributed by atoms with van der Waals surface area (Å²) in [5.41, 5.74) is -1.35. The van der Waals surface area contributed by atoms with E-state index in [9.17, 15) is 28.2 Å². The zero-order valence-electron chi connectivity index (χ0n) is 18.1. The van der Waals surface area contributed by atoms with Crippen LogP contribution in [0.5, 0.6) is 0 Å². The minimum absolute atomic E-state index is 0.0912. The van der Waals surface area contributed by atoms with Crippen LogP contribution in [0.2, 0.25) is 0 Å². The van der Waals surface area contributed by atoms with E-state index in [1.165, 1.54) is 6.08 Å². The van der Waals surface area contributed by atoms with E-state index in [4.69, 9.17) is 14.2 Å². The number of ether oxygens (including phenoxy) is 3. The number of carbonyl (C=O) groups excluding carboxylic acids is 1. The Hall–Kier alpha value is -1.94. The van der Waals surface area contributed by atoms with Crippen molar-refractivity contribution in [2.45, 2.75) is 71.5 Å². The average Bonchev–Trinajstić information content (AvgIpc) is 2.65. The third-order valence-electron chi connectivity index (χ3n) is 4.60. The Morgan fingerprint density at radius 3 is 2.23 bits per heavy atom. The van der Waals surface area contributed by atoms with Crippen LogP contribution in [0.15, 0.2) is 35.9 Å². The van der Waals surface area contributed by atoms with E-state index in [1.54, 1.807) is 34.6 Å². The highest BCUT2D eigenvalue weighted by atomic mass is 19.4. The number of alkyl halides is 3. The fraction of sp³-hybridized carbons (Fsp3) is 0.591. The first kappa shape index (κ1) is 25.3. The summed E-state index contributed by atoms with van der Waals surface area (Å²) in [6.45, 7) is 8.28. The summed E-state index contributed by atoms with van der Waals surface area (Å²) in [5.74, 6) is -0.496. The molecule has 0 fully saturated rings. The highest BCUT2D eigenvalue weighted by molar-refractivity contribution is 5.75. The molecule has 6 nitrogen and oxygen atoms in total. The molecule has 0 saturated carbocycles. The molecule has 1 aliphatic rings. The van der Waals surface area contributed by atoms with Crippen molar-refractivity contribution in [3.8, 4) is 0 Å². The van der Waals surface area contributed by atoms with E-state index in [-0.39, 0.29) is 23.8 Å². The van der Waals surface area contributed by atoms with Crippen LogP contribution >= 0.6 is 0 Å². The summed E-state index contributed by atoms with van der Waals surface area (Å²) in [4.78, 5) is 12.1. The molecule has 0 bridgehead atoms. The molecule has 174 valence electrons. The van der Waals surface area contributed by atoms with Crippen molar-refractivity contribution < 1.29 is 42.4 Å². The molecular weight excluding hydrogens is 417 g/mol. The minimum atomic E-state index is -4.50. The fourth-order valence-corrected chi connectivity index (χ4v) is 2.90. The van der Waals surface area contributed by atoms with Crippen LogP contribution < -0.4 is 0 Å². The van der Waals surface area contributed by atoms with Crippen molar-refractivity contribution in [2.24, 2.45) is 5.41 Å². The van der Waals surface area contributed by atoms with Crippen LogP contribution in [0.4, 0.5) is 13.2 Å². The van der Waals surface area contributed by atoms with Crippen molar-refractivity contribution >= 4 is 5.97 Å². The van der Waals surface area contributed by atoms with Gasteiger partial charge in [-0.1, -0.05) is 12.1 Å². The van der Waals surface area contributed by atoms with Gasteiger partial charge in [0.1, 0.15) is 24.9 Å². The summed E-state index contributed by atoms with van der Waals surface area (Å²) in [6.07, 6.45) is -8.11. The summed E-state index contributed by atoms with van der Waals surface area (Å²) in [5, 5.41) is 21.5. The van der Waals surface area contributed by atoms with Gasteiger partial charge in [-0.15, -0.1) is 0 Å². The number of hydrogen-bond donors (Lipinski definition) is 2. The maximum Gasteiger partial charge on any atom is 0.416 e. The van der Waals surface area contributed by atoms with Crippen LogP contribution in [0.25, 0.3) is 0 Å². The highest BCUT2D eigenvalue weighted by Crippen LogP contribution is 2.34. The van der Waals surface area contributed by atoms with Gasteiger partial charge in [0.15, 0.2) is 6.29 Å². The molecule has 0 radical (unpaired) electrons. The lowest BCUT2D eigenvalue weighted by Gasteiger charge is -2.36. The standard InChI is InChI=1S/C22H29F3O6/c1-12(2)30-17-10-15(18(26)13-6-8-14(9-7-13)22(23,24)25)19(27)16(31-17)11-29-20(28)21(3,4)5/h6-10,12,16-19,26-27H,11H2,1-5H3/t16-,17+,18-,19+/m1/s1. The molecule has 4 atom stereocenters. The van der Waals surface area contributed by atoms with Gasteiger partial charge in [0.25, 0.3) is 0 Å². The van der Waals surface area contributed by atoms with E-state index in [2.05, 4.69) is 0 Å². The van der Waals surface area contributed by atoms with Crippen LogP contribution in [0.3, 0.4) is 0 Å². The van der Waals surface area contributed by atoms with Gasteiger partial charge in [0, 0.05) is 0 Å². The molecule has 2 N–H and O–H groups in total. The first-order valence-electron chi connectivity index (χ1n) is 9.93. The molecule has 9 heteroatoms. The van der Waals surface area contributed by atoms with Gasteiger partial charge in [-0.25, -0.2) is 0 Å². The quantitative estimate of drug-likeness (QED) is 0.511. The molecular formula is C22H29F3O6. The van der Waals surface area contributed by atoms with Crippen molar-refractivity contribution in [3.05, 3.63) is 47.0 Å². The van der Waals surface area contributed by atoms with Crippen molar-refractivity contribution in [3.63, 3.8) is 0 Å². The summed E-state index contributed by atoms with van der Waals surface area (Å²) in [6, 6.07) is 4.00. The number of halogens is 3. The van der Waals surface area contributed by atoms with E-state index >= 15 is 0 Å². The molecule has 0 aromatic heterocycles. The number of aliphatic hydroxyl groups is 2. The lowest BCUT2D eigenvalue weighted by Crippen LogP contribution is -2.45. The molecule has 0 aliphatic carbocycles. The third-order valence-corrected chi connectivity index (χ3v) is 4.60. The Labute approximate surface area is 179 Å². The molecule has 1 aliphatic heterocycles. The predicted molar refractivity (Wildman–Crippen MR) is 106 cm³/mol. The van der Waals surface area contributed by atoms with E-state index in [0.29, 0.717) is 0 Å². The number of hydrogen-bond acceptors (Lipinski definition) is 6. The van der Waals surface area contributed by atoms with Gasteiger partial charge in [-0.3, -0.25) is 4.79 Å². The normalized spacial score (nSPS) is 23.5. The molecule has 0 spiro atoms. The van der Waals surface area contributed by atoms with Gasteiger partial charge in [0.05, 0.1) is 17.1 Å². The Balaban J connectivity index is 2.25. The van der Waals surface area contributed by atoms with Gasteiger partial charge < -0.3 is 24.4 Å². The fourth-order valence-electron chi connectivity index (χ4n) is 2.90. The predicted octanol–water partition coefficient (Wildman–Crippen LogP) is 3.77. The van der Waals surface area contributed by atoms with Crippen LogP contribution in [-0.2, 0) is 25.2 Å². The van der Waals surface area contributed by atoms with Gasteiger partial charge in [-0.05, 0) is 64.0 Å². The Morgan fingerprint density at radius 1 is 1.16 bits per heavy atom. The summed E-state index contributed by atoms with van der Waals surface area (Å²) in [7, 11) is 0. The van der Waals surface area contributed by atoms with Crippen molar-refractivity contribution in [1.29, 1.82) is 0 Å². The van der Waals surface area contributed by atoms with E-state index < -0.39 is 47.7 Å². The lowest BCUT2D eigenvalue weighted by molar-refractivity contribution is -0.205. The largest absolute Gasteiger partial charge is 0.462 e. The average molecular weight is 446 g/mol. The zero-order chi connectivity index (χ0) is 23.6. The third kappa shape index (κ3) is 6.77. The van der Waals surface area contributed by atoms with Crippen LogP contribution in [0, 0.1) is 5.41 Å². The smallest absolute Gasteiger partial charge is 0.416 e. The number of rotatable bonds is 6. The minimum Gasteiger partial charge on any atom is -0.462 e. The maximum atomic E-state index is 12.8. The summed E-state index contributed by atoms with van der Waals surface area (Å²) >= 11 is 0. The number of carbonyl (C=O) groups is 1. The van der Waals surface area contributed by atoms with Crippen molar-refractivity contribution in [1.82, 2.24) is 0 Å². The van der Waals surface area contributed by atoms with E-state index in [1.807, 2.05) is 0 Å². The molecule has 0 saturated heterocycles. The van der Waals surface area contributed by atoms with Gasteiger partial charge >= 0.3 is 12.1 Å². The van der Waals surface area contributed by atoms with E-state index in [0.717, 1.165) is 24.3 Å². The number of aliphatic hydroxyl groups excluding tert-OH is 2. The molecule has 1 aromatic carbocycles. The number of benzene rings is 1. The van der Waals surface area contributed by atoms with Gasteiger partial charge in [-0.2, -0.15) is 13.2 Å². The first-order valence-corrected chi connectivity index (χ1v) is 9.93. The Kier molecular flexibility index (Phi) is 7.91. The molecule has 0 amide bonds. The second-order valence-corrected chi connectivity index (χ2v) is 8.71. The monoisotopic (exact) mass is 446 g/mol. The van der Waals surface area contributed by atoms with Crippen LogP contribution in [0.1, 0.15) is 51.8 Å². The molecule has 1 aromatic rings. The topological polar surface area (TPSA) is 85.2 Å². The Morgan fingerprint density at radius 2 is 1.74 bits per heavy atom. The lowest BCUT2D eigenvalue weighted by atomic mass is 9.91. The second kappa shape index (κ2) is 9.68. The van der Waals surface area contributed by atoms with Gasteiger partial charge in [0.2, 0.25) is 0 Å². The maximum absolute atomic E-state index is 12.8. The Bertz CT molecular complexity index is 780. The second-order valence-electron chi connectivity index (χ2n) is 8.71.